The summed E-state index contributed by atoms with van der Waals surface area (Å²) in [5, 5.41) is 2.08. The predicted molar refractivity (Wildman–Crippen MR) is 145 cm³/mol. The van der Waals surface area contributed by atoms with Crippen molar-refractivity contribution in [3.05, 3.63) is 75.5 Å². The Kier molecular flexibility index (Phi) is 8.38. The molecule has 7 nitrogen and oxygen atoms in total. The lowest BCUT2D eigenvalue weighted by Gasteiger charge is -2.38. The maximum atomic E-state index is 13.9. The molecule has 0 saturated heterocycles. The van der Waals surface area contributed by atoms with E-state index in [1.165, 1.54) is 12.0 Å². The number of hydrogen-bond donors (Lipinski definition) is 0. The second-order valence-corrected chi connectivity index (χ2v) is 10.1. The van der Waals surface area contributed by atoms with Crippen molar-refractivity contribution in [1.29, 1.82) is 0 Å². The molecule has 0 N–H and O–H groups in total. The van der Waals surface area contributed by atoms with Gasteiger partial charge in [0.15, 0.2) is 0 Å². The SMILES string of the molecule is CC[C@H](C)N(CC(=O)N1CCc2sccc2[C@H]1c1ccc(OC)cc1)C(=O)c1ccc(OC)cc1OC. The number of carbonyl (C=O) groups excluding carboxylic acids is 2. The van der Waals surface area contributed by atoms with Crippen molar-refractivity contribution in [1.82, 2.24) is 9.80 Å². The van der Waals surface area contributed by atoms with Crippen LogP contribution in [0.25, 0.3) is 0 Å². The summed E-state index contributed by atoms with van der Waals surface area (Å²) in [5.74, 6) is 1.46. The number of methoxy groups -OCH3 is 3. The molecule has 2 atom stereocenters. The quantitative estimate of drug-likeness (QED) is 0.387. The Balaban J connectivity index is 1.65. The third kappa shape index (κ3) is 5.44. The first-order valence-corrected chi connectivity index (χ1v) is 13.3. The van der Waals surface area contributed by atoms with Gasteiger partial charge in [-0.3, -0.25) is 9.59 Å². The van der Waals surface area contributed by atoms with E-state index >= 15 is 0 Å². The van der Waals surface area contributed by atoms with Gasteiger partial charge >= 0.3 is 0 Å². The van der Waals surface area contributed by atoms with Crippen LogP contribution in [-0.2, 0) is 11.2 Å². The first-order chi connectivity index (χ1) is 17.9. The van der Waals surface area contributed by atoms with Crippen LogP contribution in [0, 0.1) is 0 Å². The maximum Gasteiger partial charge on any atom is 0.258 e. The van der Waals surface area contributed by atoms with Crippen LogP contribution in [-0.4, -0.2) is 62.1 Å². The summed E-state index contributed by atoms with van der Waals surface area (Å²) >= 11 is 1.73. The zero-order valence-corrected chi connectivity index (χ0v) is 22.8. The Morgan fingerprint density at radius 3 is 2.38 bits per heavy atom. The van der Waals surface area contributed by atoms with Crippen LogP contribution in [0.5, 0.6) is 17.2 Å². The summed E-state index contributed by atoms with van der Waals surface area (Å²) in [6.45, 7) is 4.56. The van der Waals surface area contributed by atoms with E-state index in [-0.39, 0.29) is 30.4 Å². The lowest BCUT2D eigenvalue weighted by Crippen LogP contribution is -2.49. The number of nitrogens with zero attached hydrogens (tertiary/aromatic N) is 2. The van der Waals surface area contributed by atoms with Gasteiger partial charge in [-0.25, -0.2) is 0 Å². The standard InChI is InChI=1S/C29H34N2O5S/c1-6-19(2)31(29(33)23-12-11-22(35-4)17-25(23)36-5)18-27(32)30-15-13-26-24(14-16-37-26)28(30)20-7-9-21(34-3)10-8-20/h7-12,14,16-17,19,28H,6,13,15,18H2,1-5H3/t19-,28+/m0/s1. The highest BCUT2D eigenvalue weighted by molar-refractivity contribution is 7.10. The van der Waals surface area contributed by atoms with Crippen LogP contribution in [0.3, 0.4) is 0 Å². The normalized spacial score (nSPS) is 15.5. The highest BCUT2D eigenvalue weighted by Crippen LogP contribution is 2.38. The minimum atomic E-state index is -0.239. The summed E-state index contributed by atoms with van der Waals surface area (Å²) in [5.41, 5.74) is 2.57. The van der Waals surface area contributed by atoms with Crippen LogP contribution in [0.1, 0.15) is 52.7 Å². The molecule has 4 rings (SSSR count). The Bertz CT molecular complexity index is 1240. The van der Waals surface area contributed by atoms with E-state index in [0.29, 0.717) is 30.0 Å². The van der Waals surface area contributed by atoms with Gasteiger partial charge in [-0.05, 0) is 66.6 Å². The number of fused-ring (bicyclic) bond motifs is 1. The molecular weight excluding hydrogens is 488 g/mol. The van der Waals surface area contributed by atoms with E-state index in [1.807, 2.05) is 43.0 Å². The van der Waals surface area contributed by atoms with Crippen molar-refractivity contribution in [2.75, 3.05) is 34.4 Å². The molecular formula is C29H34N2O5S. The number of benzene rings is 2. The molecule has 2 aromatic carbocycles. The van der Waals surface area contributed by atoms with Crippen molar-refractivity contribution in [3.63, 3.8) is 0 Å². The average Bonchev–Trinajstić information content (AvgIpc) is 3.43. The molecule has 0 fully saturated rings. The molecule has 1 aliphatic heterocycles. The van der Waals surface area contributed by atoms with Crippen molar-refractivity contribution < 1.29 is 23.8 Å². The van der Waals surface area contributed by atoms with Gasteiger partial charge in [0.1, 0.15) is 23.8 Å². The zero-order chi connectivity index (χ0) is 26.5. The van der Waals surface area contributed by atoms with Gasteiger partial charge in [-0.1, -0.05) is 19.1 Å². The van der Waals surface area contributed by atoms with E-state index in [4.69, 9.17) is 14.2 Å². The minimum Gasteiger partial charge on any atom is -0.497 e. The third-order valence-corrected chi connectivity index (χ3v) is 8.04. The van der Waals surface area contributed by atoms with Crippen LogP contribution >= 0.6 is 11.3 Å². The first-order valence-electron chi connectivity index (χ1n) is 12.4. The molecule has 2 heterocycles. The number of rotatable bonds is 9. The van der Waals surface area contributed by atoms with E-state index in [1.54, 1.807) is 48.7 Å². The van der Waals surface area contributed by atoms with Gasteiger partial charge in [0, 0.05) is 23.5 Å². The smallest absolute Gasteiger partial charge is 0.258 e. The first kappa shape index (κ1) is 26.5. The summed E-state index contributed by atoms with van der Waals surface area (Å²) in [6, 6.07) is 14.7. The summed E-state index contributed by atoms with van der Waals surface area (Å²) in [4.78, 5) is 32.5. The highest BCUT2D eigenvalue weighted by atomic mass is 32.1. The van der Waals surface area contributed by atoms with Gasteiger partial charge in [0.25, 0.3) is 5.91 Å². The summed E-state index contributed by atoms with van der Waals surface area (Å²) in [6.07, 6.45) is 1.52. The zero-order valence-electron chi connectivity index (χ0n) is 22.0. The van der Waals surface area contributed by atoms with Gasteiger partial charge < -0.3 is 24.0 Å². The summed E-state index contributed by atoms with van der Waals surface area (Å²) in [7, 11) is 4.73. The topological polar surface area (TPSA) is 68.3 Å². The fourth-order valence-electron chi connectivity index (χ4n) is 4.75. The van der Waals surface area contributed by atoms with Crippen molar-refractivity contribution in [2.45, 2.75) is 38.8 Å². The Hall–Kier alpha value is -3.52. The number of ether oxygens (including phenoxy) is 3. The van der Waals surface area contributed by atoms with Gasteiger partial charge in [0.2, 0.25) is 5.91 Å². The Morgan fingerprint density at radius 2 is 1.73 bits per heavy atom. The maximum absolute atomic E-state index is 13.9. The largest absolute Gasteiger partial charge is 0.497 e. The molecule has 0 saturated carbocycles. The lowest BCUT2D eigenvalue weighted by molar-refractivity contribution is -0.134. The van der Waals surface area contributed by atoms with Crippen LogP contribution in [0.15, 0.2) is 53.9 Å². The molecule has 0 bridgehead atoms. The Labute approximate surface area is 222 Å². The van der Waals surface area contributed by atoms with E-state index < -0.39 is 0 Å². The fraction of sp³-hybridized carbons (Fsp3) is 0.379. The molecule has 0 spiro atoms. The van der Waals surface area contributed by atoms with E-state index in [2.05, 4.69) is 11.4 Å². The molecule has 1 aromatic heterocycles. The number of thiophene rings is 1. The van der Waals surface area contributed by atoms with Crippen molar-refractivity contribution in [2.24, 2.45) is 0 Å². The van der Waals surface area contributed by atoms with Crippen LogP contribution < -0.4 is 14.2 Å². The molecule has 196 valence electrons. The molecule has 2 amide bonds. The van der Waals surface area contributed by atoms with Crippen LogP contribution in [0.4, 0.5) is 0 Å². The highest BCUT2D eigenvalue weighted by Gasteiger charge is 2.35. The average molecular weight is 523 g/mol. The van der Waals surface area contributed by atoms with Crippen molar-refractivity contribution in [3.8, 4) is 17.2 Å². The molecule has 0 unspecified atom stereocenters. The fourth-order valence-corrected chi connectivity index (χ4v) is 5.65. The molecule has 8 heteroatoms. The van der Waals surface area contributed by atoms with E-state index in [0.717, 1.165) is 23.3 Å². The predicted octanol–water partition coefficient (Wildman–Crippen LogP) is 5.19. The second kappa shape index (κ2) is 11.7. The molecule has 37 heavy (non-hydrogen) atoms. The van der Waals surface area contributed by atoms with Crippen LogP contribution in [0.2, 0.25) is 0 Å². The Morgan fingerprint density at radius 1 is 1.03 bits per heavy atom. The number of carbonyl (C=O) groups is 2. The second-order valence-electron chi connectivity index (χ2n) is 9.07. The molecule has 0 radical (unpaired) electrons. The van der Waals surface area contributed by atoms with Gasteiger partial charge in [-0.2, -0.15) is 0 Å². The van der Waals surface area contributed by atoms with Gasteiger partial charge in [0.05, 0.1) is 32.9 Å². The van der Waals surface area contributed by atoms with Gasteiger partial charge in [-0.15, -0.1) is 11.3 Å². The molecule has 0 aliphatic carbocycles. The lowest BCUT2D eigenvalue weighted by atomic mass is 9.93. The number of amides is 2. The van der Waals surface area contributed by atoms with E-state index in [9.17, 15) is 9.59 Å². The van der Waals surface area contributed by atoms with Crippen molar-refractivity contribution >= 4 is 23.2 Å². The summed E-state index contributed by atoms with van der Waals surface area (Å²) < 4.78 is 16.1. The minimum absolute atomic E-state index is 0.0187. The third-order valence-electron chi connectivity index (χ3n) is 7.05. The molecule has 1 aliphatic rings. The molecule has 3 aromatic rings. The monoisotopic (exact) mass is 522 g/mol. The number of hydrogen-bond acceptors (Lipinski definition) is 6.